The third kappa shape index (κ3) is 5.47. The van der Waals surface area contributed by atoms with E-state index >= 15 is 0 Å². The molecular weight excluding hydrogens is 521 g/mol. The number of amidine groups is 1. The molecule has 0 saturated carbocycles. The molecule has 0 spiro atoms. The Labute approximate surface area is 229 Å². The molecule has 4 aromatic rings. The fourth-order valence-electron chi connectivity index (χ4n) is 4.70. The number of halogens is 3. The molecule has 2 aromatic heterocycles. The summed E-state index contributed by atoms with van der Waals surface area (Å²) in [4.78, 5) is 19.7. The average Bonchev–Trinajstić information content (AvgIpc) is 3.64. The number of aryl methyl sites for hydroxylation is 2. The number of anilines is 1. The smallest absolute Gasteiger partial charge is 0.360 e. The first-order valence-corrected chi connectivity index (χ1v) is 12.9. The summed E-state index contributed by atoms with van der Waals surface area (Å²) in [6.07, 6.45) is 0.461. The molecular formula is C28H29F3N8O. The monoisotopic (exact) mass is 550 g/mol. The molecule has 40 heavy (non-hydrogen) atoms. The molecule has 2 aromatic carbocycles. The fourth-order valence-corrected chi connectivity index (χ4v) is 4.70. The number of likely N-dealkylation sites (tertiary alicyclic amines) is 1. The van der Waals surface area contributed by atoms with Gasteiger partial charge in [-0.3, -0.25) is 9.48 Å². The van der Waals surface area contributed by atoms with Crippen LogP contribution in [0.3, 0.4) is 0 Å². The first kappa shape index (κ1) is 27.1. The fraction of sp³-hybridized carbons (Fsp3) is 0.321. The number of carbonyl (C=O) groups excluding carboxylic acids is 1. The van der Waals surface area contributed by atoms with Crippen molar-refractivity contribution in [2.45, 2.75) is 39.8 Å². The Kier molecular flexibility index (Phi) is 7.17. The Morgan fingerprint density at radius 2 is 1.95 bits per heavy atom. The molecule has 1 amide bonds. The van der Waals surface area contributed by atoms with E-state index in [-0.39, 0.29) is 16.9 Å². The second-order valence-electron chi connectivity index (χ2n) is 9.75. The van der Waals surface area contributed by atoms with Crippen LogP contribution in [0.1, 0.15) is 46.9 Å². The zero-order chi connectivity index (χ0) is 28.6. The highest BCUT2D eigenvalue weighted by Gasteiger charge is 2.32. The third-order valence-corrected chi connectivity index (χ3v) is 7.06. The van der Waals surface area contributed by atoms with Gasteiger partial charge in [-0.1, -0.05) is 11.3 Å². The van der Waals surface area contributed by atoms with Crippen molar-refractivity contribution in [3.63, 3.8) is 0 Å². The number of hydrogen-bond donors (Lipinski definition) is 1. The molecule has 1 aliphatic heterocycles. The van der Waals surface area contributed by atoms with Gasteiger partial charge in [-0.25, -0.2) is 9.67 Å². The van der Waals surface area contributed by atoms with Crippen molar-refractivity contribution in [2.75, 3.05) is 18.4 Å². The number of amides is 1. The lowest BCUT2D eigenvalue weighted by Gasteiger charge is -2.17. The lowest BCUT2D eigenvalue weighted by molar-refractivity contribution is -0.137. The first-order valence-electron chi connectivity index (χ1n) is 12.9. The van der Waals surface area contributed by atoms with E-state index in [1.54, 1.807) is 40.0 Å². The van der Waals surface area contributed by atoms with E-state index in [1.165, 1.54) is 6.07 Å². The van der Waals surface area contributed by atoms with Crippen LogP contribution in [0.5, 0.6) is 0 Å². The van der Waals surface area contributed by atoms with Gasteiger partial charge in [0.1, 0.15) is 11.5 Å². The Morgan fingerprint density at radius 1 is 1.15 bits per heavy atom. The molecule has 1 fully saturated rings. The maximum absolute atomic E-state index is 13.7. The van der Waals surface area contributed by atoms with E-state index in [0.717, 1.165) is 54.3 Å². The molecule has 208 valence electrons. The zero-order valence-electron chi connectivity index (χ0n) is 22.6. The summed E-state index contributed by atoms with van der Waals surface area (Å²) >= 11 is 0. The summed E-state index contributed by atoms with van der Waals surface area (Å²) in [6.45, 7) is 7.33. The average molecular weight is 551 g/mol. The van der Waals surface area contributed by atoms with E-state index in [9.17, 15) is 18.0 Å². The van der Waals surface area contributed by atoms with Crippen molar-refractivity contribution < 1.29 is 18.0 Å². The molecule has 12 heteroatoms. The topological polar surface area (TPSA) is 93.2 Å². The number of aromatic nitrogens is 5. The van der Waals surface area contributed by atoms with Crippen molar-refractivity contribution in [3.8, 4) is 16.9 Å². The van der Waals surface area contributed by atoms with E-state index in [4.69, 9.17) is 0 Å². The SMILES string of the molecule is CCN1CCC/C1=N\c1cc(NC(=O)c2ccc(C)c(-n3cc(-c4cnn(C)c4C)nn3)c2)cc(C(F)(F)F)c1. The van der Waals surface area contributed by atoms with Crippen LogP contribution in [0.2, 0.25) is 0 Å². The summed E-state index contributed by atoms with van der Waals surface area (Å²) in [5, 5.41) is 15.3. The Balaban J connectivity index is 1.44. The molecule has 0 unspecified atom stereocenters. The highest BCUT2D eigenvalue weighted by atomic mass is 19.4. The van der Waals surface area contributed by atoms with Crippen LogP contribution in [-0.4, -0.2) is 54.5 Å². The van der Waals surface area contributed by atoms with Crippen LogP contribution in [0.15, 0.2) is 53.8 Å². The summed E-state index contributed by atoms with van der Waals surface area (Å²) < 4.78 is 44.4. The lowest BCUT2D eigenvalue weighted by Crippen LogP contribution is -2.24. The number of hydrogen-bond acceptors (Lipinski definition) is 5. The standard InChI is InChI=1S/C28H29F3N8O/c1-5-38-10-6-7-26(38)33-21-12-20(28(29,30)31)13-22(14-21)34-27(40)19-9-8-17(2)25(11-19)39-16-24(35-36-39)23-15-32-37(4)18(23)3/h8-9,11-16H,5-7,10H2,1-4H3,(H,34,40)/b33-26+. The maximum Gasteiger partial charge on any atom is 0.416 e. The number of nitrogens with one attached hydrogen (secondary N) is 1. The van der Waals surface area contributed by atoms with Gasteiger partial charge in [-0.05, 0) is 63.1 Å². The molecule has 1 aliphatic rings. The quantitative estimate of drug-likeness (QED) is 0.332. The highest BCUT2D eigenvalue weighted by molar-refractivity contribution is 6.05. The summed E-state index contributed by atoms with van der Waals surface area (Å²) in [7, 11) is 1.84. The lowest BCUT2D eigenvalue weighted by atomic mass is 10.1. The van der Waals surface area contributed by atoms with Crippen LogP contribution in [0, 0.1) is 13.8 Å². The summed E-state index contributed by atoms with van der Waals surface area (Å²) in [5.41, 5.74) is 3.38. The predicted molar refractivity (Wildman–Crippen MR) is 146 cm³/mol. The van der Waals surface area contributed by atoms with Crippen molar-refractivity contribution in [2.24, 2.45) is 12.0 Å². The van der Waals surface area contributed by atoms with Crippen molar-refractivity contribution in [1.29, 1.82) is 0 Å². The Morgan fingerprint density at radius 3 is 2.65 bits per heavy atom. The molecule has 3 heterocycles. The van der Waals surface area contributed by atoms with Gasteiger partial charge in [0.15, 0.2) is 0 Å². The first-order chi connectivity index (χ1) is 19.0. The second kappa shape index (κ2) is 10.6. The van der Waals surface area contributed by atoms with Crippen LogP contribution in [0.25, 0.3) is 16.9 Å². The molecule has 5 rings (SSSR count). The zero-order valence-corrected chi connectivity index (χ0v) is 22.6. The third-order valence-electron chi connectivity index (χ3n) is 7.06. The largest absolute Gasteiger partial charge is 0.416 e. The Hall–Kier alpha value is -4.48. The van der Waals surface area contributed by atoms with Crippen molar-refractivity contribution >= 4 is 23.1 Å². The molecule has 0 bridgehead atoms. The van der Waals surface area contributed by atoms with Gasteiger partial charge in [0.05, 0.1) is 29.3 Å². The number of carbonyl (C=O) groups is 1. The van der Waals surface area contributed by atoms with Gasteiger partial charge in [-0.2, -0.15) is 18.3 Å². The van der Waals surface area contributed by atoms with Crippen LogP contribution >= 0.6 is 0 Å². The van der Waals surface area contributed by atoms with Gasteiger partial charge in [-0.15, -0.1) is 5.10 Å². The minimum Gasteiger partial charge on any atom is -0.360 e. The second-order valence-corrected chi connectivity index (χ2v) is 9.75. The van der Waals surface area contributed by atoms with E-state index < -0.39 is 17.6 Å². The normalized spacial score (nSPS) is 14.8. The number of rotatable bonds is 6. The summed E-state index contributed by atoms with van der Waals surface area (Å²) in [6, 6.07) is 8.38. The molecule has 0 aliphatic carbocycles. The molecule has 9 nitrogen and oxygen atoms in total. The van der Waals surface area contributed by atoms with E-state index in [1.807, 2.05) is 32.7 Å². The minimum absolute atomic E-state index is 0.0115. The highest BCUT2D eigenvalue weighted by Crippen LogP contribution is 2.35. The van der Waals surface area contributed by atoms with Crippen LogP contribution in [-0.2, 0) is 13.2 Å². The number of alkyl halides is 3. The van der Waals surface area contributed by atoms with Crippen molar-refractivity contribution in [1.82, 2.24) is 29.7 Å². The van der Waals surface area contributed by atoms with Crippen LogP contribution in [0.4, 0.5) is 24.5 Å². The number of nitrogens with zero attached hydrogens (tertiary/aromatic N) is 7. The van der Waals surface area contributed by atoms with Gasteiger partial charge in [0, 0.05) is 49.1 Å². The molecule has 1 N–H and O–H groups in total. The summed E-state index contributed by atoms with van der Waals surface area (Å²) in [5.74, 6) is 0.189. The number of benzene rings is 2. The van der Waals surface area contributed by atoms with Gasteiger partial charge in [0.25, 0.3) is 5.91 Å². The van der Waals surface area contributed by atoms with Gasteiger partial charge >= 0.3 is 6.18 Å². The maximum atomic E-state index is 13.7. The molecule has 1 saturated heterocycles. The van der Waals surface area contributed by atoms with Gasteiger partial charge in [0.2, 0.25) is 0 Å². The van der Waals surface area contributed by atoms with E-state index in [2.05, 4.69) is 25.7 Å². The van der Waals surface area contributed by atoms with Crippen molar-refractivity contribution in [3.05, 3.63) is 71.2 Å². The molecule has 0 radical (unpaired) electrons. The van der Waals surface area contributed by atoms with Crippen LogP contribution < -0.4 is 5.32 Å². The van der Waals surface area contributed by atoms with Gasteiger partial charge < -0.3 is 10.2 Å². The van der Waals surface area contributed by atoms with E-state index in [0.29, 0.717) is 17.8 Å². The Bertz CT molecular complexity index is 1600. The predicted octanol–water partition coefficient (Wildman–Crippen LogP) is 5.70. The molecule has 0 atom stereocenters. The number of aliphatic imine (C=N–C) groups is 1. The minimum atomic E-state index is -4.59.